The molecule has 0 radical (unpaired) electrons. The SMILES string of the molecule is NC(CCOCC(F)(F)F)Cc1cccc(F)c1Cl. The normalized spacial score (nSPS) is 13.6. The predicted molar refractivity (Wildman–Crippen MR) is 64.6 cm³/mol. The van der Waals surface area contributed by atoms with Gasteiger partial charge in [-0.1, -0.05) is 23.7 Å². The summed E-state index contributed by atoms with van der Waals surface area (Å²) in [5, 5.41) is -0.00541. The summed E-state index contributed by atoms with van der Waals surface area (Å²) in [5.41, 5.74) is 6.26. The second-order valence-corrected chi connectivity index (χ2v) is 4.51. The van der Waals surface area contributed by atoms with Crippen LogP contribution in [0.25, 0.3) is 0 Å². The predicted octanol–water partition coefficient (Wildman–Crippen LogP) is 3.32. The van der Waals surface area contributed by atoms with Crippen molar-refractivity contribution >= 4 is 11.6 Å². The zero-order chi connectivity index (χ0) is 14.5. The third-order valence-corrected chi connectivity index (χ3v) is 2.84. The number of halogens is 5. The molecule has 7 heteroatoms. The summed E-state index contributed by atoms with van der Waals surface area (Å²) in [4.78, 5) is 0. The maximum Gasteiger partial charge on any atom is 0.411 e. The lowest BCUT2D eigenvalue weighted by atomic mass is 10.0. The van der Waals surface area contributed by atoms with Gasteiger partial charge in [-0.15, -0.1) is 0 Å². The van der Waals surface area contributed by atoms with Crippen molar-refractivity contribution in [3.8, 4) is 0 Å². The average molecular weight is 300 g/mol. The Morgan fingerprint density at radius 3 is 2.63 bits per heavy atom. The molecule has 0 aromatic heterocycles. The van der Waals surface area contributed by atoms with Crippen molar-refractivity contribution in [1.29, 1.82) is 0 Å². The first-order chi connectivity index (χ1) is 8.79. The third-order valence-electron chi connectivity index (χ3n) is 2.41. The Balaban J connectivity index is 2.35. The van der Waals surface area contributed by atoms with Gasteiger partial charge >= 0.3 is 6.18 Å². The molecule has 0 spiro atoms. The minimum absolute atomic E-state index is 0.00541. The van der Waals surface area contributed by atoms with Gasteiger partial charge in [-0.25, -0.2) is 4.39 Å². The van der Waals surface area contributed by atoms with Gasteiger partial charge in [-0.3, -0.25) is 0 Å². The highest BCUT2D eigenvalue weighted by molar-refractivity contribution is 6.31. The third kappa shape index (κ3) is 6.22. The summed E-state index contributed by atoms with van der Waals surface area (Å²) in [6.45, 7) is -1.39. The van der Waals surface area contributed by atoms with Crippen LogP contribution in [0.4, 0.5) is 17.6 Å². The summed E-state index contributed by atoms with van der Waals surface area (Å²) in [6, 6.07) is 3.92. The maximum atomic E-state index is 13.1. The van der Waals surface area contributed by atoms with E-state index in [0.717, 1.165) is 0 Å². The second kappa shape index (κ2) is 7.07. The molecule has 2 nitrogen and oxygen atoms in total. The van der Waals surface area contributed by atoms with E-state index < -0.39 is 24.6 Å². The molecule has 0 aliphatic rings. The van der Waals surface area contributed by atoms with Gasteiger partial charge in [0, 0.05) is 12.6 Å². The molecule has 0 saturated heterocycles. The van der Waals surface area contributed by atoms with Gasteiger partial charge in [0.15, 0.2) is 0 Å². The molecule has 1 rings (SSSR count). The molecule has 1 atom stereocenters. The number of ether oxygens (including phenoxy) is 1. The van der Waals surface area contributed by atoms with E-state index in [9.17, 15) is 17.6 Å². The fourth-order valence-electron chi connectivity index (χ4n) is 1.51. The highest BCUT2D eigenvalue weighted by Gasteiger charge is 2.27. The molecule has 1 aromatic rings. The lowest BCUT2D eigenvalue weighted by molar-refractivity contribution is -0.174. The first kappa shape index (κ1) is 16.2. The van der Waals surface area contributed by atoms with Crippen molar-refractivity contribution < 1.29 is 22.3 Å². The lowest BCUT2D eigenvalue weighted by Gasteiger charge is -2.14. The Hall–Kier alpha value is -0.850. The summed E-state index contributed by atoms with van der Waals surface area (Å²) in [6.07, 6.45) is -3.81. The van der Waals surface area contributed by atoms with Crippen LogP contribution in [0.1, 0.15) is 12.0 Å². The van der Waals surface area contributed by atoms with Gasteiger partial charge < -0.3 is 10.5 Å². The Morgan fingerprint density at radius 1 is 1.32 bits per heavy atom. The number of nitrogens with two attached hydrogens (primary N) is 1. The standard InChI is InChI=1S/C12H14ClF4NO/c13-11-8(2-1-3-10(11)14)6-9(18)4-5-19-7-12(15,16)17/h1-3,9H,4-7,18H2. The first-order valence-corrected chi connectivity index (χ1v) is 6.00. The number of hydrogen-bond acceptors (Lipinski definition) is 2. The lowest BCUT2D eigenvalue weighted by Crippen LogP contribution is -2.26. The van der Waals surface area contributed by atoms with Crippen LogP contribution >= 0.6 is 11.6 Å². The quantitative estimate of drug-likeness (QED) is 0.646. The van der Waals surface area contributed by atoms with Crippen LogP contribution in [-0.4, -0.2) is 25.4 Å². The van der Waals surface area contributed by atoms with Crippen LogP contribution in [0.5, 0.6) is 0 Å². The van der Waals surface area contributed by atoms with Gasteiger partial charge in [0.05, 0.1) is 5.02 Å². The van der Waals surface area contributed by atoms with Crippen molar-refractivity contribution in [3.05, 3.63) is 34.6 Å². The zero-order valence-electron chi connectivity index (χ0n) is 10.0. The van der Waals surface area contributed by atoms with Crippen molar-refractivity contribution in [2.24, 2.45) is 5.73 Å². The molecule has 0 aliphatic heterocycles. The molecular weight excluding hydrogens is 286 g/mol. The number of hydrogen-bond donors (Lipinski definition) is 1. The Kier molecular flexibility index (Phi) is 6.03. The van der Waals surface area contributed by atoms with Gasteiger partial charge in [-0.05, 0) is 24.5 Å². The van der Waals surface area contributed by atoms with Crippen molar-refractivity contribution in [2.45, 2.75) is 25.1 Å². The van der Waals surface area contributed by atoms with E-state index in [1.165, 1.54) is 12.1 Å². The van der Waals surface area contributed by atoms with Gasteiger partial charge in [0.1, 0.15) is 12.4 Å². The van der Waals surface area contributed by atoms with E-state index in [4.69, 9.17) is 17.3 Å². The monoisotopic (exact) mass is 299 g/mol. The molecule has 108 valence electrons. The van der Waals surface area contributed by atoms with E-state index in [1.807, 2.05) is 0 Å². The number of alkyl halides is 3. The summed E-state index contributed by atoms with van der Waals surface area (Å²) >= 11 is 5.75. The smallest absolute Gasteiger partial charge is 0.372 e. The minimum atomic E-state index is -4.34. The van der Waals surface area contributed by atoms with Crippen molar-refractivity contribution in [1.82, 2.24) is 0 Å². The molecule has 0 fully saturated rings. The molecule has 0 saturated carbocycles. The van der Waals surface area contributed by atoms with Crippen LogP contribution in [-0.2, 0) is 11.2 Å². The molecule has 0 amide bonds. The molecule has 2 N–H and O–H groups in total. The number of rotatable bonds is 6. The molecule has 0 heterocycles. The molecule has 1 aromatic carbocycles. The van der Waals surface area contributed by atoms with E-state index in [-0.39, 0.29) is 24.5 Å². The fourth-order valence-corrected chi connectivity index (χ4v) is 1.72. The zero-order valence-corrected chi connectivity index (χ0v) is 10.8. The van der Waals surface area contributed by atoms with Crippen LogP contribution in [0.15, 0.2) is 18.2 Å². The van der Waals surface area contributed by atoms with Crippen LogP contribution < -0.4 is 5.73 Å². The van der Waals surface area contributed by atoms with Gasteiger partial charge in [0.2, 0.25) is 0 Å². The van der Waals surface area contributed by atoms with E-state index in [0.29, 0.717) is 5.56 Å². The topological polar surface area (TPSA) is 35.2 Å². The van der Waals surface area contributed by atoms with E-state index in [1.54, 1.807) is 6.07 Å². The van der Waals surface area contributed by atoms with Crippen LogP contribution in [0.2, 0.25) is 5.02 Å². The molecular formula is C12H14ClF4NO. The molecule has 19 heavy (non-hydrogen) atoms. The van der Waals surface area contributed by atoms with E-state index in [2.05, 4.69) is 4.74 Å². The fraction of sp³-hybridized carbons (Fsp3) is 0.500. The van der Waals surface area contributed by atoms with Crippen molar-refractivity contribution in [2.75, 3.05) is 13.2 Å². The largest absolute Gasteiger partial charge is 0.411 e. The van der Waals surface area contributed by atoms with Crippen molar-refractivity contribution in [3.63, 3.8) is 0 Å². The molecule has 0 aliphatic carbocycles. The second-order valence-electron chi connectivity index (χ2n) is 4.13. The van der Waals surface area contributed by atoms with Crippen LogP contribution in [0.3, 0.4) is 0 Å². The maximum absolute atomic E-state index is 13.1. The van der Waals surface area contributed by atoms with E-state index >= 15 is 0 Å². The Morgan fingerprint density at radius 2 is 2.00 bits per heavy atom. The average Bonchev–Trinajstić information content (AvgIpc) is 2.29. The summed E-state index contributed by atoms with van der Waals surface area (Å²) in [7, 11) is 0. The summed E-state index contributed by atoms with van der Waals surface area (Å²) < 4.78 is 53.0. The molecule has 1 unspecified atom stereocenters. The molecule has 0 bridgehead atoms. The van der Waals surface area contributed by atoms with Gasteiger partial charge in [-0.2, -0.15) is 13.2 Å². The Labute approximate surface area is 113 Å². The Bertz CT molecular complexity index is 411. The summed E-state index contributed by atoms with van der Waals surface area (Å²) in [5.74, 6) is -0.542. The first-order valence-electron chi connectivity index (χ1n) is 5.62. The van der Waals surface area contributed by atoms with Gasteiger partial charge in [0.25, 0.3) is 0 Å². The number of benzene rings is 1. The van der Waals surface area contributed by atoms with Crippen LogP contribution in [0, 0.1) is 5.82 Å². The highest BCUT2D eigenvalue weighted by Crippen LogP contribution is 2.21. The highest BCUT2D eigenvalue weighted by atomic mass is 35.5. The minimum Gasteiger partial charge on any atom is -0.372 e.